The third kappa shape index (κ3) is 4.10. The number of hydrogen-bond donors (Lipinski definition) is 1. The molecule has 1 N–H and O–H groups in total. The second-order valence-corrected chi connectivity index (χ2v) is 8.32. The number of carbonyl (C=O) groups excluding carboxylic acids is 2. The van der Waals surface area contributed by atoms with E-state index in [4.69, 9.17) is 12.2 Å². The molecule has 31 heavy (non-hydrogen) atoms. The lowest BCUT2D eigenvalue weighted by molar-refractivity contribution is -0.122. The number of nitrogens with one attached hydrogen (secondary N) is 1. The van der Waals surface area contributed by atoms with Gasteiger partial charge < -0.3 is 4.90 Å². The van der Waals surface area contributed by atoms with Crippen molar-refractivity contribution < 1.29 is 14.0 Å². The number of anilines is 2. The zero-order valence-corrected chi connectivity index (χ0v) is 18.4. The first kappa shape index (κ1) is 21.2. The Labute approximate surface area is 186 Å². The molecule has 0 aromatic heterocycles. The topological polar surface area (TPSA) is 52.7 Å². The van der Waals surface area contributed by atoms with Crippen LogP contribution in [0.3, 0.4) is 0 Å². The summed E-state index contributed by atoms with van der Waals surface area (Å²) >= 11 is 5.27. The zero-order chi connectivity index (χ0) is 22.1. The van der Waals surface area contributed by atoms with E-state index in [-0.39, 0.29) is 16.2 Å². The van der Waals surface area contributed by atoms with Gasteiger partial charge in [0.1, 0.15) is 11.4 Å². The van der Waals surface area contributed by atoms with Gasteiger partial charge in [0.25, 0.3) is 11.8 Å². The Morgan fingerprint density at radius 1 is 1.06 bits per heavy atom. The summed E-state index contributed by atoms with van der Waals surface area (Å²) in [4.78, 5) is 29.2. The van der Waals surface area contributed by atoms with Gasteiger partial charge in [-0.3, -0.25) is 19.8 Å². The number of amides is 2. The van der Waals surface area contributed by atoms with E-state index in [0.29, 0.717) is 5.69 Å². The third-order valence-electron chi connectivity index (χ3n) is 5.92. The molecule has 2 heterocycles. The number of nitrogens with zero attached hydrogens (tertiary/aromatic N) is 2. The first-order valence-electron chi connectivity index (χ1n) is 10.4. The highest BCUT2D eigenvalue weighted by molar-refractivity contribution is 7.80. The van der Waals surface area contributed by atoms with Crippen LogP contribution < -0.4 is 15.1 Å². The SMILES string of the molecule is Cc1cccc(N2C(=O)/C(=C/c3ccc(N4CCCCC4)cc3F)C(=O)NC2=S)c1C. The molecule has 2 aromatic rings. The summed E-state index contributed by atoms with van der Waals surface area (Å²) in [5, 5.41) is 2.57. The van der Waals surface area contributed by atoms with Gasteiger partial charge in [0, 0.05) is 24.3 Å². The predicted molar refractivity (Wildman–Crippen MR) is 125 cm³/mol. The Balaban J connectivity index is 1.68. The van der Waals surface area contributed by atoms with Crippen LogP contribution in [-0.4, -0.2) is 30.0 Å². The second kappa shape index (κ2) is 8.59. The molecule has 0 bridgehead atoms. The van der Waals surface area contributed by atoms with Crippen LogP contribution in [0.15, 0.2) is 42.0 Å². The number of halogens is 1. The van der Waals surface area contributed by atoms with Crippen molar-refractivity contribution in [3.05, 3.63) is 64.5 Å². The van der Waals surface area contributed by atoms with Crippen LogP contribution in [0.1, 0.15) is 36.0 Å². The zero-order valence-electron chi connectivity index (χ0n) is 17.6. The summed E-state index contributed by atoms with van der Waals surface area (Å²) in [5.74, 6) is -1.67. The fraction of sp³-hybridized carbons (Fsp3) is 0.292. The maximum absolute atomic E-state index is 14.9. The summed E-state index contributed by atoms with van der Waals surface area (Å²) in [6.07, 6.45) is 4.68. The molecule has 2 saturated heterocycles. The van der Waals surface area contributed by atoms with Crippen LogP contribution in [0.25, 0.3) is 6.08 Å². The largest absolute Gasteiger partial charge is 0.371 e. The molecular weight excluding hydrogens is 413 g/mol. The molecule has 5 nitrogen and oxygen atoms in total. The van der Waals surface area contributed by atoms with E-state index < -0.39 is 17.6 Å². The summed E-state index contributed by atoms with van der Waals surface area (Å²) in [7, 11) is 0. The molecule has 0 radical (unpaired) electrons. The van der Waals surface area contributed by atoms with Gasteiger partial charge >= 0.3 is 0 Å². The van der Waals surface area contributed by atoms with Crippen molar-refractivity contribution in [2.24, 2.45) is 0 Å². The molecule has 2 aliphatic heterocycles. The van der Waals surface area contributed by atoms with E-state index in [1.54, 1.807) is 12.1 Å². The average molecular weight is 438 g/mol. The molecule has 0 atom stereocenters. The Morgan fingerprint density at radius 2 is 1.81 bits per heavy atom. The van der Waals surface area contributed by atoms with Crippen LogP contribution in [0.5, 0.6) is 0 Å². The van der Waals surface area contributed by atoms with Crippen molar-refractivity contribution >= 4 is 46.6 Å². The van der Waals surface area contributed by atoms with Crippen molar-refractivity contribution in [3.8, 4) is 0 Å². The Morgan fingerprint density at radius 3 is 2.52 bits per heavy atom. The van der Waals surface area contributed by atoms with E-state index in [1.807, 2.05) is 32.0 Å². The van der Waals surface area contributed by atoms with Gasteiger partial charge in [0.05, 0.1) is 5.69 Å². The van der Waals surface area contributed by atoms with Crippen LogP contribution in [-0.2, 0) is 9.59 Å². The number of benzene rings is 2. The minimum Gasteiger partial charge on any atom is -0.371 e. The van der Waals surface area contributed by atoms with Crippen LogP contribution >= 0.6 is 12.2 Å². The van der Waals surface area contributed by atoms with E-state index in [0.717, 1.165) is 42.7 Å². The van der Waals surface area contributed by atoms with Gasteiger partial charge in [-0.05, 0) is 86.8 Å². The smallest absolute Gasteiger partial charge is 0.270 e. The van der Waals surface area contributed by atoms with Crippen molar-refractivity contribution in [2.75, 3.05) is 22.9 Å². The molecular formula is C24H24FN3O2S. The summed E-state index contributed by atoms with van der Waals surface area (Å²) in [5.41, 5.74) is 3.33. The molecule has 2 aliphatic rings. The quantitative estimate of drug-likeness (QED) is 0.443. The molecule has 0 aliphatic carbocycles. The minimum atomic E-state index is -0.629. The number of piperidine rings is 1. The fourth-order valence-electron chi connectivity index (χ4n) is 3.99. The number of rotatable bonds is 3. The first-order chi connectivity index (χ1) is 14.9. The highest BCUT2D eigenvalue weighted by Gasteiger charge is 2.35. The summed E-state index contributed by atoms with van der Waals surface area (Å²) < 4.78 is 14.9. The van der Waals surface area contributed by atoms with E-state index in [1.165, 1.54) is 23.5 Å². The molecule has 160 valence electrons. The van der Waals surface area contributed by atoms with Crippen molar-refractivity contribution in [1.82, 2.24) is 5.32 Å². The number of hydrogen-bond acceptors (Lipinski definition) is 4. The van der Waals surface area contributed by atoms with Crippen LogP contribution in [0.4, 0.5) is 15.8 Å². The molecule has 0 spiro atoms. The predicted octanol–water partition coefficient (Wildman–Crippen LogP) is 4.26. The first-order valence-corrected chi connectivity index (χ1v) is 10.8. The lowest BCUT2D eigenvalue weighted by Gasteiger charge is -2.30. The van der Waals surface area contributed by atoms with E-state index >= 15 is 0 Å². The van der Waals surface area contributed by atoms with Gasteiger partial charge in [0.15, 0.2) is 5.11 Å². The van der Waals surface area contributed by atoms with Crippen molar-refractivity contribution in [1.29, 1.82) is 0 Å². The fourth-order valence-corrected chi connectivity index (χ4v) is 4.27. The molecule has 0 unspecified atom stereocenters. The Kier molecular flexibility index (Phi) is 5.87. The van der Waals surface area contributed by atoms with Gasteiger partial charge in [-0.2, -0.15) is 0 Å². The van der Waals surface area contributed by atoms with Crippen LogP contribution in [0, 0.1) is 19.7 Å². The van der Waals surface area contributed by atoms with E-state index in [9.17, 15) is 14.0 Å². The number of carbonyl (C=O) groups is 2. The van der Waals surface area contributed by atoms with Gasteiger partial charge in [-0.25, -0.2) is 4.39 Å². The molecule has 2 amide bonds. The van der Waals surface area contributed by atoms with Crippen molar-refractivity contribution in [2.45, 2.75) is 33.1 Å². The number of aryl methyl sites for hydroxylation is 1. The number of thiocarbonyl (C=S) groups is 1. The minimum absolute atomic E-state index is 0.0155. The third-order valence-corrected chi connectivity index (χ3v) is 6.21. The van der Waals surface area contributed by atoms with Crippen LogP contribution in [0.2, 0.25) is 0 Å². The highest BCUT2D eigenvalue weighted by Crippen LogP contribution is 2.28. The maximum atomic E-state index is 14.9. The monoisotopic (exact) mass is 437 g/mol. The molecule has 0 saturated carbocycles. The van der Waals surface area contributed by atoms with Crippen molar-refractivity contribution in [3.63, 3.8) is 0 Å². The Bertz CT molecular complexity index is 1110. The average Bonchev–Trinajstić information content (AvgIpc) is 2.75. The highest BCUT2D eigenvalue weighted by atomic mass is 32.1. The lowest BCUT2D eigenvalue weighted by Crippen LogP contribution is -2.54. The molecule has 4 rings (SSSR count). The van der Waals surface area contributed by atoms with E-state index in [2.05, 4.69) is 10.2 Å². The van der Waals surface area contributed by atoms with Gasteiger partial charge in [-0.1, -0.05) is 12.1 Å². The normalized spacial score (nSPS) is 18.5. The molecule has 2 aromatic carbocycles. The van der Waals surface area contributed by atoms with Gasteiger partial charge in [-0.15, -0.1) is 0 Å². The Hall–Kier alpha value is -3.06. The second-order valence-electron chi connectivity index (χ2n) is 7.93. The lowest BCUT2D eigenvalue weighted by atomic mass is 10.0. The maximum Gasteiger partial charge on any atom is 0.270 e. The molecule has 2 fully saturated rings. The van der Waals surface area contributed by atoms with Gasteiger partial charge in [0.2, 0.25) is 0 Å². The summed E-state index contributed by atoms with van der Waals surface area (Å²) in [6, 6.07) is 10.4. The summed E-state index contributed by atoms with van der Waals surface area (Å²) in [6.45, 7) is 5.64. The standard InChI is InChI=1S/C24H24FN3O2S/c1-15-7-6-8-21(16(15)2)28-23(30)19(22(29)26-24(28)31)13-17-9-10-18(14-20(17)25)27-11-4-3-5-12-27/h6-10,13-14H,3-5,11-12H2,1-2H3,(H,26,29,31)/b19-13+. The molecule has 7 heteroatoms.